The van der Waals surface area contributed by atoms with Gasteiger partial charge in [0.2, 0.25) is 0 Å². The normalized spacial score (nSPS) is 11.4. The Morgan fingerprint density at radius 3 is 1.39 bits per heavy atom. The SMILES string of the molecule is CCCCCCCCCCCCCCN(CCN(CC)CC(=O)O)CC(=O)O. The molecule has 28 heavy (non-hydrogen) atoms. The van der Waals surface area contributed by atoms with E-state index in [0.29, 0.717) is 19.6 Å². The molecular weight excluding hydrogens is 356 g/mol. The molecule has 0 aromatic rings. The summed E-state index contributed by atoms with van der Waals surface area (Å²) in [6.07, 6.45) is 15.5. The first-order chi connectivity index (χ1) is 13.5. The third-order valence-corrected chi connectivity index (χ3v) is 5.23. The summed E-state index contributed by atoms with van der Waals surface area (Å²) in [4.78, 5) is 25.7. The Hall–Kier alpha value is -1.14. The fourth-order valence-corrected chi connectivity index (χ4v) is 3.46. The van der Waals surface area contributed by atoms with Gasteiger partial charge in [-0.05, 0) is 19.5 Å². The van der Waals surface area contributed by atoms with Crippen LogP contribution in [0.15, 0.2) is 0 Å². The Morgan fingerprint density at radius 1 is 0.571 bits per heavy atom. The summed E-state index contributed by atoms with van der Waals surface area (Å²) in [6, 6.07) is 0. The molecular formula is C22H44N2O4. The molecule has 0 aromatic carbocycles. The van der Waals surface area contributed by atoms with Gasteiger partial charge in [-0.1, -0.05) is 84.5 Å². The molecule has 0 rings (SSSR count). The van der Waals surface area contributed by atoms with Crippen LogP contribution in [0.1, 0.15) is 90.9 Å². The van der Waals surface area contributed by atoms with Gasteiger partial charge in [0.25, 0.3) is 0 Å². The maximum absolute atomic E-state index is 11.1. The van der Waals surface area contributed by atoms with Crippen molar-refractivity contribution in [2.24, 2.45) is 0 Å². The highest BCUT2D eigenvalue weighted by atomic mass is 16.4. The van der Waals surface area contributed by atoms with E-state index in [1.807, 2.05) is 16.7 Å². The summed E-state index contributed by atoms with van der Waals surface area (Å²) in [5.41, 5.74) is 0. The third kappa shape index (κ3) is 18.2. The Morgan fingerprint density at radius 2 is 0.964 bits per heavy atom. The fourth-order valence-electron chi connectivity index (χ4n) is 3.46. The number of carboxylic acid groups (broad SMARTS) is 2. The molecule has 0 radical (unpaired) electrons. The first-order valence-corrected chi connectivity index (χ1v) is 11.4. The van der Waals surface area contributed by atoms with Gasteiger partial charge in [-0.3, -0.25) is 19.4 Å². The second kappa shape index (κ2) is 19.2. The lowest BCUT2D eigenvalue weighted by Crippen LogP contribution is -2.40. The standard InChI is InChI=1S/C22H44N2O4/c1-3-5-6-7-8-9-10-11-12-13-14-15-16-24(20-22(27)28)18-17-23(4-2)19-21(25)26/h3-20H2,1-2H3,(H,25,26)(H,27,28). The molecule has 0 fully saturated rings. The number of carboxylic acids is 2. The van der Waals surface area contributed by atoms with Crippen LogP contribution in [0.3, 0.4) is 0 Å². The zero-order chi connectivity index (χ0) is 21.0. The van der Waals surface area contributed by atoms with E-state index in [1.54, 1.807) is 0 Å². The molecule has 0 aliphatic rings. The largest absolute Gasteiger partial charge is 0.480 e. The van der Waals surface area contributed by atoms with Gasteiger partial charge in [0.15, 0.2) is 0 Å². The second-order valence-electron chi connectivity index (χ2n) is 7.82. The molecule has 0 spiro atoms. The smallest absolute Gasteiger partial charge is 0.317 e. The lowest BCUT2D eigenvalue weighted by Gasteiger charge is -2.24. The number of nitrogens with zero attached hydrogens (tertiary/aromatic N) is 2. The van der Waals surface area contributed by atoms with Crippen LogP contribution in [-0.4, -0.2) is 71.2 Å². The summed E-state index contributed by atoms with van der Waals surface area (Å²) in [6.45, 7) is 6.84. The summed E-state index contributed by atoms with van der Waals surface area (Å²) < 4.78 is 0. The summed E-state index contributed by atoms with van der Waals surface area (Å²) in [7, 11) is 0. The van der Waals surface area contributed by atoms with E-state index >= 15 is 0 Å². The predicted molar refractivity (Wildman–Crippen MR) is 115 cm³/mol. The van der Waals surface area contributed by atoms with Crippen LogP contribution in [-0.2, 0) is 9.59 Å². The van der Waals surface area contributed by atoms with Crippen LogP contribution < -0.4 is 0 Å². The number of carbonyl (C=O) groups is 2. The van der Waals surface area contributed by atoms with Crippen LogP contribution >= 0.6 is 0 Å². The van der Waals surface area contributed by atoms with Crippen LogP contribution in [0, 0.1) is 0 Å². The predicted octanol–water partition coefficient (Wildman–Crippen LogP) is 4.48. The second-order valence-corrected chi connectivity index (χ2v) is 7.82. The van der Waals surface area contributed by atoms with Crippen LogP contribution in [0.5, 0.6) is 0 Å². The minimum Gasteiger partial charge on any atom is -0.480 e. The monoisotopic (exact) mass is 400 g/mol. The molecule has 0 aliphatic heterocycles. The minimum atomic E-state index is -0.840. The van der Waals surface area contributed by atoms with Gasteiger partial charge in [-0.2, -0.15) is 0 Å². The van der Waals surface area contributed by atoms with Crippen molar-refractivity contribution in [3.05, 3.63) is 0 Å². The van der Waals surface area contributed by atoms with E-state index in [0.717, 1.165) is 19.4 Å². The summed E-state index contributed by atoms with van der Waals surface area (Å²) in [5, 5.41) is 18.0. The van der Waals surface area contributed by atoms with Crippen LogP contribution in [0.2, 0.25) is 0 Å². The van der Waals surface area contributed by atoms with Crippen molar-refractivity contribution in [3.63, 3.8) is 0 Å². The Labute approximate surface area is 172 Å². The van der Waals surface area contributed by atoms with Crippen LogP contribution in [0.4, 0.5) is 0 Å². The molecule has 0 unspecified atom stereocenters. The quantitative estimate of drug-likeness (QED) is 0.277. The highest BCUT2D eigenvalue weighted by Crippen LogP contribution is 2.12. The lowest BCUT2D eigenvalue weighted by atomic mass is 10.1. The Kier molecular flexibility index (Phi) is 18.4. The number of rotatable bonds is 21. The van der Waals surface area contributed by atoms with Gasteiger partial charge in [-0.25, -0.2) is 0 Å². The van der Waals surface area contributed by atoms with E-state index in [-0.39, 0.29) is 13.1 Å². The fraction of sp³-hybridized carbons (Fsp3) is 0.909. The van der Waals surface area contributed by atoms with E-state index < -0.39 is 11.9 Å². The van der Waals surface area contributed by atoms with Crippen molar-refractivity contribution in [3.8, 4) is 0 Å². The molecule has 0 heterocycles. The molecule has 0 atom stereocenters. The topological polar surface area (TPSA) is 81.1 Å². The van der Waals surface area contributed by atoms with Crippen molar-refractivity contribution in [1.82, 2.24) is 9.80 Å². The Balaban J connectivity index is 3.77. The molecule has 0 saturated heterocycles. The number of likely N-dealkylation sites (N-methyl/N-ethyl adjacent to an activating group) is 1. The lowest BCUT2D eigenvalue weighted by molar-refractivity contribution is -0.140. The van der Waals surface area contributed by atoms with Crippen molar-refractivity contribution in [2.45, 2.75) is 90.9 Å². The van der Waals surface area contributed by atoms with Gasteiger partial charge < -0.3 is 10.2 Å². The Bertz CT molecular complexity index is 391. The third-order valence-electron chi connectivity index (χ3n) is 5.23. The van der Waals surface area contributed by atoms with Gasteiger partial charge >= 0.3 is 11.9 Å². The zero-order valence-corrected chi connectivity index (χ0v) is 18.3. The van der Waals surface area contributed by atoms with Crippen molar-refractivity contribution in [1.29, 1.82) is 0 Å². The number of hydrogen-bond acceptors (Lipinski definition) is 4. The molecule has 166 valence electrons. The van der Waals surface area contributed by atoms with E-state index in [1.165, 1.54) is 64.2 Å². The van der Waals surface area contributed by atoms with Crippen molar-refractivity contribution >= 4 is 11.9 Å². The molecule has 0 aromatic heterocycles. The summed E-state index contributed by atoms with van der Waals surface area (Å²) in [5.74, 6) is -1.66. The van der Waals surface area contributed by atoms with Gasteiger partial charge in [0.1, 0.15) is 0 Å². The molecule has 2 N–H and O–H groups in total. The average Bonchev–Trinajstić information content (AvgIpc) is 2.64. The number of unbranched alkanes of at least 4 members (excludes halogenated alkanes) is 11. The molecule has 0 amide bonds. The molecule has 0 saturated carbocycles. The van der Waals surface area contributed by atoms with Gasteiger partial charge in [0, 0.05) is 13.1 Å². The van der Waals surface area contributed by atoms with E-state index in [4.69, 9.17) is 10.2 Å². The first kappa shape index (κ1) is 26.9. The van der Waals surface area contributed by atoms with Crippen molar-refractivity contribution in [2.75, 3.05) is 39.3 Å². The maximum Gasteiger partial charge on any atom is 0.317 e. The van der Waals surface area contributed by atoms with E-state index in [2.05, 4.69) is 6.92 Å². The minimum absolute atomic E-state index is 0.00994. The van der Waals surface area contributed by atoms with Gasteiger partial charge in [-0.15, -0.1) is 0 Å². The van der Waals surface area contributed by atoms with E-state index in [9.17, 15) is 9.59 Å². The zero-order valence-electron chi connectivity index (χ0n) is 18.3. The molecule has 6 nitrogen and oxygen atoms in total. The first-order valence-electron chi connectivity index (χ1n) is 11.4. The number of aliphatic carboxylic acids is 2. The maximum atomic E-state index is 11.1. The summed E-state index contributed by atoms with van der Waals surface area (Å²) >= 11 is 0. The highest BCUT2D eigenvalue weighted by molar-refractivity contribution is 5.69. The molecule has 0 aliphatic carbocycles. The van der Waals surface area contributed by atoms with Crippen LogP contribution in [0.25, 0.3) is 0 Å². The number of hydrogen-bond donors (Lipinski definition) is 2. The molecule has 0 bridgehead atoms. The average molecular weight is 401 g/mol. The molecule has 6 heteroatoms. The van der Waals surface area contributed by atoms with Gasteiger partial charge in [0.05, 0.1) is 13.1 Å². The van der Waals surface area contributed by atoms with Crippen molar-refractivity contribution < 1.29 is 19.8 Å². The highest BCUT2D eigenvalue weighted by Gasteiger charge is 2.13.